The van der Waals surface area contributed by atoms with Crippen LogP contribution in [0.3, 0.4) is 0 Å². The monoisotopic (exact) mass is 516 g/mol. The molecule has 0 heterocycles. The maximum atomic E-state index is 12.7. The summed E-state index contributed by atoms with van der Waals surface area (Å²) in [7, 11) is 1.24. The van der Waals surface area contributed by atoms with Crippen LogP contribution in [0.15, 0.2) is 47.4 Å². The maximum Gasteiger partial charge on any atom is 0.416 e. The number of esters is 2. The van der Waals surface area contributed by atoms with Gasteiger partial charge in [0.1, 0.15) is 30.8 Å². The van der Waals surface area contributed by atoms with Crippen molar-refractivity contribution in [2.45, 2.75) is 31.0 Å². The van der Waals surface area contributed by atoms with Gasteiger partial charge in [-0.05, 0) is 61.9 Å². The molecule has 0 radical (unpaired) electrons. The average molecular weight is 517 g/mol. The van der Waals surface area contributed by atoms with Gasteiger partial charge in [0.15, 0.2) is 6.61 Å². The van der Waals surface area contributed by atoms with Crippen molar-refractivity contribution >= 4 is 23.7 Å². The zero-order valence-electron chi connectivity index (χ0n) is 19.6. The third-order valence-electron chi connectivity index (χ3n) is 4.52. The van der Waals surface area contributed by atoms with Crippen molar-refractivity contribution in [2.75, 3.05) is 39.3 Å². The highest BCUT2D eigenvalue weighted by Crippen LogP contribution is 2.30. The van der Waals surface area contributed by atoms with Gasteiger partial charge in [0.05, 0.1) is 19.3 Å². The van der Waals surface area contributed by atoms with Gasteiger partial charge in [-0.25, -0.2) is 9.59 Å². The van der Waals surface area contributed by atoms with Crippen molar-refractivity contribution in [3.05, 3.63) is 53.6 Å². The van der Waals surface area contributed by atoms with Gasteiger partial charge in [-0.2, -0.15) is 13.2 Å². The van der Waals surface area contributed by atoms with Gasteiger partial charge in [0.2, 0.25) is 0 Å². The second-order valence-corrected chi connectivity index (χ2v) is 8.27. The molecule has 0 aromatic heterocycles. The van der Waals surface area contributed by atoms with Gasteiger partial charge in [-0.1, -0.05) is 0 Å². The van der Waals surface area contributed by atoms with Crippen LogP contribution in [0.1, 0.15) is 18.1 Å². The molecule has 0 aliphatic carbocycles. The molecule has 2 aromatic rings. The lowest BCUT2D eigenvalue weighted by Gasteiger charge is -2.18. The Hall–Kier alpha value is -2.92. The third-order valence-corrected chi connectivity index (χ3v) is 5.64. The molecule has 0 aliphatic heterocycles. The molecular weight excluding hydrogens is 489 g/mol. The van der Waals surface area contributed by atoms with Crippen LogP contribution < -0.4 is 9.47 Å². The van der Waals surface area contributed by atoms with E-state index in [0.29, 0.717) is 11.5 Å². The van der Waals surface area contributed by atoms with Gasteiger partial charge in [0.25, 0.3) is 0 Å². The van der Waals surface area contributed by atoms with E-state index in [-0.39, 0.29) is 32.2 Å². The third kappa shape index (κ3) is 10.1. The number of carbonyl (C=O) groups excluding carboxylic acids is 2. The number of methoxy groups -OCH3 is 1. The van der Waals surface area contributed by atoms with Gasteiger partial charge in [0, 0.05) is 10.6 Å². The summed E-state index contributed by atoms with van der Waals surface area (Å²) in [6, 6.07) is 9.74. The van der Waals surface area contributed by atoms with Crippen molar-refractivity contribution < 1.29 is 46.4 Å². The smallest absolute Gasteiger partial charge is 0.416 e. The molecule has 0 N–H and O–H groups in total. The summed E-state index contributed by atoms with van der Waals surface area (Å²) in [5.74, 6) is 0.165. The average Bonchev–Trinajstić information content (AvgIpc) is 2.82. The summed E-state index contributed by atoms with van der Waals surface area (Å²) in [5.41, 5.74) is 0.0382. The summed E-state index contributed by atoms with van der Waals surface area (Å²) in [5, 5.41) is 0. The number of rotatable bonds is 13. The molecule has 7 nitrogen and oxygen atoms in total. The minimum absolute atomic E-state index is 0.00900. The molecule has 0 saturated carbocycles. The SMILES string of the molecule is CCOC(=O)COc1ccc(SCC(COc2ccc(C(F)(F)F)cc2)OCC(=O)OC)cc1C. The molecule has 0 saturated heterocycles. The van der Waals surface area contributed by atoms with E-state index >= 15 is 0 Å². The van der Waals surface area contributed by atoms with Crippen molar-refractivity contribution in [3.8, 4) is 11.5 Å². The van der Waals surface area contributed by atoms with E-state index in [9.17, 15) is 22.8 Å². The Morgan fingerprint density at radius 1 is 1.00 bits per heavy atom. The molecular formula is C24H27F3O7S. The van der Waals surface area contributed by atoms with Crippen molar-refractivity contribution in [3.63, 3.8) is 0 Å². The van der Waals surface area contributed by atoms with Crippen LogP contribution in [-0.4, -0.2) is 57.3 Å². The lowest BCUT2D eigenvalue weighted by molar-refractivity contribution is -0.148. The minimum atomic E-state index is -4.43. The summed E-state index contributed by atoms with van der Waals surface area (Å²) in [6.07, 6.45) is -4.99. The standard InChI is InChI=1S/C24H27F3O7S/c1-4-31-23(29)14-34-21-10-9-20(11-16(21)2)35-15-19(33-13-22(28)30-3)12-32-18-7-5-17(6-8-18)24(25,26)27/h5-11,19H,4,12-15H2,1-3H3. The second kappa shape index (κ2) is 13.8. The fraction of sp³-hybridized carbons (Fsp3) is 0.417. The van der Waals surface area contributed by atoms with E-state index in [2.05, 4.69) is 4.74 Å². The molecule has 35 heavy (non-hydrogen) atoms. The van der Waals surface area contributed by atoms with Gasteiger partial charge in [-0.15, -0.1) is 11.8 Å². The Morgan fingerprint density at radius 3 is 2.31 bits per heavy atom. The Kier molecular flexibility index (Phi) is 11.2. The van der Waals surface area contributed by atoms with Crippen LogP contribution in [0.2, 0.25) is 0 Å². The van der Waals surface area contributed by atoms with Crippen molar-refractivity contribution in [2.24, 2.45) is 0 Å². The first-order chi connectivity index (χ1) is 16.6. The number of benzene rings is 2. The van der Waals surface area contributed by atoms with E-state index in [0.717, 1.165) is 22.6 Å². The summed E-state index contributed by atoms with van der Waals surface area (Å²) in [6.45, 7) is 3.35. The molecule has 1 unspecified atom stereocenters. The molecule has 0 amide bonds. The van der Waals surface area contributed by atoms with Gasteiger partial charge < -0.3 is 23.7 Å². The normalized spacial score (nSPS) is 12.1. The highest BCUT2D eigenvalue weighted by atomic mass is 32.2. The van der Waals surface area contributed by atoms with Crippen molar-refractivity contribution in [1.82, 2.24) is 0 Å². The predicted octanol–water partition coefficient (Wildman–Crippen LogP) is 4.69. The number of hydrogen-bond donors (Lipinski definition) is 0. The van der Waals surface area contributed by atoms with Crippen LogP contribution in [0.5, 0.6) is 11.5 Å². The molecule has 0 aliphatic rings. The van der Waals surface area contributed by atoms with Crippen LogP contribution in [0.4, 0.5) is 13.2 Å². The molecule has 1 atom stereocenters. The Balaban J connectivity index is 1.96. The Morgan fingerprint density at radius 2 is 1.71 bits per heavy atom. The first-order valence-electron chi connectivity index (χ1n) is 10.6. The Labute approximate surface area is 205 Å². The molecule has 11 heteroatoms. The number of halogens is 3. The van der Waals surface area contributed by atoms with Gasteiger partial charge in [-0.3, -0.25) is 0 Å². The fourth-order valence-corrected chi connectivity index (χ4v) is 3.72. The minimum Gasteiger partial charge on any atom is -0.491 e. The molecule has 2 rings (SSSR count). The van der Waals surface area contributed by atoms with E-state index < -0.39 is 29.8 Å². The van der Waals surface area contributed by atoms with Gasteiger partial charge >= 0.3 is 18.1 Å². The molecule has 0 bridgehead atoms. The number of thioether (sulfide) groups is 1. The highest BCUT2D eigenvalue weighted by Gasteiger charge is 2.30. The number of carbonyl (C=O) groups is 2. The molecule has 2 aromatic carbocycles. The first kappa shape index (κ1) is 28.3. The van der Waals surface area contributed by atoms with Crippen LogP contribution in [-0.2, 0) is 30.0 Å². The zero-order chi connectivity index (χ0) is 25.8. The van der Waals surface area contributed by atoms with E-state index in [1.807, 2.05) is 19.1 Å². The molecule has 0 fully saturated rings. The van der Waals surface area contributed by atoms with Crippen LogP contribution >= 0.6 is 11.8 Å². The topological polar surface area (TPSA) is 80.3 Å². The second-order valence-electron chi connectivity index (χ2n) is 7.17. The summed E-state index contributed by atoms with van der Waals surface area (Å²) in [4.78, 5) is 23.8. The zero-order valence-corrected chi connectivity index (χ0v) is 20.4. The van der Waals surface area contributed by atoms with Crippen molar-refractivity contribution in [1.29, 1.82) is 0 Å². The summed E-state index contributed by atoms with van der Waals surface area (Å²) < 4.78 is 64.3. The fourth-order valence-electron chi connectivity index (χ4n) is 2.72. The summed E-state index contributed by atoms with van der Waals surface area (Å²) >= 11 is 1.43. The first-order valence-corrected chi connectivity index (χ1v) is 11.6. The predicted molar refractivity (Wildman–Crippen MR) is 123 cm³/mol. The quantitative estimate of drug-likeness (QED) is 0.280. The van der Waals surface area contributed by atoms with E-state index in [1.165, 1.54) is 31.0 Å². The maximum absolute atomic E-state index is 12.7. The van der Waals surface area contributed by atoms with E-state index in [1.54, 1.807) is 13.0 Å². The molecule has 192 valence electrons. The van der Waals surface area contributed by atoms with Crippen LogP contribution in [0, 0.1) is 6.92 Å². The largest absolute Gasteiger partial charge is 0.491 e. The number of alkyl halides is 3. The number of ether oxygens (including phenoxy) is 5. The lowest BCUT2D eigenvalue weighted by Crippen LogP contribution is -2.27. The Bertz CT molecular complexity index is 965. The highest BCUT2D eigenvalue weighted by molar-refractivity contribution is 7.99. The van der Waals surface area contributed by atoms with Crippen LogP contribution in [0.25, 0.3) is 0 Å². The number of hydrogen-bond acceptors (Lipinski definition) is 8. The molecule has 0 spiro atoms. The van der Waals surface area contributed by atoms with E-state index in [4.69, 9.17) is 18.9 Å². The lowest BCUT2D eigenvalue weighted by atomic mass is 10.2. The number of aryl methyl sites for hydroxylation is 1.